The number of nitrogens with one attached hydrogen (secondary N) is 1. The Kier molecular flexibility index (Phi) is 5.68. The quantitative estimate of drug-likeness (QED) is 0.472. The summed E-state index contributed by atoms with van der Waals surface area (Å²) in [5.74, 6) is 0.560. The van der Waals surface area contributed by atoms with E-state index in [0.717, 1.165) is 10.4 Å². The van der Waals surface area contributed by atoms with E-state index < -0.39 is 11.7 Å². The molecule has 0 saturated heterocycles. The molecule has 2 aromatic carbocycles. The zero-order valence-corrected chi connectivity index (χ0v) is 17.9. The number of carbonyl (C=O) groups excluding carboxylic acids is 1. The van der Waals surface area contributed by atoms with Gasteiger partial charge in [-0.15, -0.1) is 16.4 Å². The maximum atomic E-state index is 13.8. The fourth-order valence-corrected chi connectivity index (χ4v) is 3.75. The van der Waals surface area contributed by atoms with Crippen LogP contribution in [0.3, 0.4) is 0 Å². The van der Waals surface area contributed by atoms with Gasteiger partial charge in [0.25, 0.3) is 5.91 Å². The lowest BCUT2D eigenvalue weighted by molar-refractivity contribution is 0.101. The van der Waals surface area contributed by atoms with E-state index in [4.69, 9.17) is 9.47 Å². The van der Waals surface area contributed by atoms with Gasteiger partial charge in [-0.2, -0.15) is 0 Å². The number of thiophene rings is 1. The highest BCUT2D eigenvalue weighted by molar-refractivity contribution is 7.13. The molecule has 158 valence electrons. The number of methoxy groups -OCH3 is 2. The Morgan fingerprint density at radius 1 is 1.10 bits per heavy atom. The number of aryl methyl sites for hydroxylation is 1. The average Bonchev–Trinajstić information content (AvgIpc) is 3.44. The lowest BCUT2D eigenvalue weighted by Crippen LogP contribution is -2.15. The highest BCUT2D eigenvalue weighted by Crippen LogP contribution is 2.33. The first-order valence-corrected chi connectivity index (χ1v) is 10.2. The molecule has 0 spiro atoms. The van der Waals surface area contributed by atoms with Crippen molar-refractivity contribution < 1.29 is 18.7 Å². The van der Waals surface area contributed by atoms with Crippen LogP contribution in [0.5, 0.6) is 11.5 Å². The van der Waals surface area contributed by atoms with Crippen LogP contribution in [0.25, 0.3) is 16.4 Å². The number of ether oxygens (including phenoxy) is 2. The predicted octanol–water partition coefficient (Wildman–Crippen LogP) is 4.71. The van der Waals surface area contributed by atoms with Crippen LogP contribution in [-0.2, 0) is 0 Å². The van der Waals surface area contributed by atoms with Gasteiger partial charge in [0.05, 0.1) is 24.8 Å². The van der Waals surface area contributed by atoms with Gasteiger partial charge in [0.1, 0.15) is 5.82 Å². The van der Waals surface area contributed by atoms with Crippen LogP contribution in [0.2, 0.25) is 0 Å². The van der Waals surface area contributed by atoms with Crippen molar-refractivity contribution in [2.75, 3.05) is 19.5 Å². The number of hydrogen-bond acceptors (Lipinski definition) is 6. The van der Waals surface area contributed by atoms with Crippen molar-refractivity contribution >= 4 is 22.9 Å². The number of aromatic nitrogens is 3. The molecule has 1 N–H and O–H groups in total. The Morgan fingerprint density at radius 3 is 2.55 bits per heavy atom. The normalized spacial score (nSPS) is 10.7. The molecular weight excluding hydrogens is 419 g/mol. The van der Waals surface area contributed by atoms with Gasteiger partial charge in [-0.25, -0.2) is 14.1 Å². The van der Waals surface area contributed by atoms with Gasteiger partial charge in [-0.05, 0) is 48.2 Å². The first kappa shape index (κ1) is 20.5. The second-order valence-electron chi connectivity index (χ2n) is 6.60. The fraction of sp³-hybridized carbons (Fsp3) is 0.136. The second kappa shape index (κ2) is 8.57. The third-order valence-corrected chi connectivity index (χ3v) is 5.45. The molecule has 0 fully saturated rings. The van der Waals surface area contributed by atoms with Crippen LogP contribution in [0.4, 0.5) is 10.1 Å². The molecule has 0 unspecified atom stereocenters. The van der Waals surface area contributed by atoms with Gasteiger partial charge in [-0.3, -0.25) is 4.79 Å². The van der Waals surface area contributed by atoms with E-state index in [1.807, 2.05) is 24.4 Å². The van der Waals surface area contributed by atoms with Gasteiger partial charge >= 0.3 is 0 Å². The second-order valence-corrected chi connectivity index (χ2v) is 7.55. The van der Waals surface area contributed by atoms with Crippen LogP contribution in [-0.4, -0.2) is 34.9 Å². The zero-order chi connectivity index (χ0) is 22.0. The Morgan fingerprint density at radius 2 is 1.87 bits per heavy atom. The maximum absolute atomic E-state index is 13.8. The van der Waals surface area contributed by atoms with Crippen LogP contribution >= 0.6 is 11.3 Å². The molecule has 0 radical (unpaired) electrons. The Hall–Kier alpha value is -3.72. The molecule has 7 nitrogen and oxygen atoms in total. The van der Waals surface area contributed by atoms with E-state index in [1.165, 1.54) is 35.3 Å². The molecular formula is C22H19FN4O3S. The summed E-state index contributed by atoms with van der Waals surface area (Å²) in [5.41, 5.74) is 1.80. The van der Waals surface area contributed by atoms with Crippen molar-refractivity contribution in [3.8, 4) is 27.9 Å². The fourth-order valence-electron chi connectivity index (χ4n) is 3.05. The van der Waals surface area contributed by atoms with Crippen molar-refractivity contribution in [2.24, 2.45) is 0 Å². The van der Waals surface area contributed by atoms with E-state index >= 15 is 0 Å². The molecule has 1 amide bonds. The van der Waals surface area contributed by atoms with Gasteiger partial charge < -0.3 is 14.8 Å². The third kappa shape index (κ3) is 4.13. The van der Waals surface area contributed by atoms with Gasteiger partial charge in [-0.1, -0.05) is 12.1 Å². The lowest BCUT2D eigenvalue weighted by atomic mass is 10.1. The molecule has 0 aliphatic heterocycles. The summed E-state index contributed by atoms with van der Waals surface area (Å²) in [5, 5.41) is 9.07. The molecule has 4 rings (SSSR count). The minimum absolute atomic E-state index is 0.0400. The summed E-state index contributed by atoms with van der Waals surface area (Å²) in [6.07, 6.45) is 0. The SMILES string of the molecule is COc1cc(C)c(NC(=O)c2nc(-c3cccs3)n(-c3cccc(F)c3)n2)cc1OC. The van der Waals surface area contributed by atoms with E-state index in [0.29, 0.717) is 28.7 Å². The number of hydrogen-bond donors (Lipinski definition) is 1. The summed E-state index contributed by atoms with van der Waals surface area (Å²) in [6.45, 7) is 1.84. The number of carbonyl (C=O) groups is 1. The molecule has 31 heavy (non-hydrogen) atoms. The van der Waals surface area contributed by atoms with Crippen LogP contribution in [0, 0.1) is 12.7 Å². The number of rotatable bonds is 6. The van der Waals surface area contributed by atoms with Gasteiger partial charge in [0.15, 0.2) is 17.3 Å². The topological polar surface area (TPSA) is 78.3 Å². The standard InChI is InChI=1S/C22H19FN4O3S/c1-13-10-17(29-2)18(30-3)12-16(13)24-22(28)20-25-21(19-8-5-9-31-19)27(26-20)15-7-4-6-14(23)11-15/h4-12H,1-3H3,(H,24,28). The average molecular weight is 438 g/mol. The van der Waals surface area contributed by atoms with E-state index in [9.17, 15) is 9.18 Å². The van der Waals surface area contributed by atoms with Crippen molar-refractivity contribution in [3.63, 3.8) is 0 Å². The van der Waals surface area contributed by atoms with Crippen LogP contribution in [0.1, 0.15) is 16.2 Å². The van der Waals surface area contributed by atoms with Crippen LogP contribution < -0.4 is 14.8 Å². The lowest BCUT2D eigenvalue weighted by Gasteiger charge is -2.12. The Labute approximate surface area is 182 Å². The minimum atomic E-state index is -0.497. The molecule has 0 aliphatic rings. The molecule has 2 heterocycles. The highest BCUT2D eigenvalue weighted by Gasteiger charge is 2.21. The molecule has 0 aliphatic carbocycles. The Bertz CT molecular complexity index is 1240. The minimum Gasteiger partial charge on any atom is -0.493 e. The maximum Gasteiger partial charge on any atom is 0.295 e. The smallest absolute Gasteiger partial charge is 0.295 e. The summed E-state index contributed by atoms with van der Waals surface area (Å²) in [4.78, 5) is 18.2. The first-order valence-electron chi connectivity index (χ1n) is 9.31. The summed E-state index contributed by atoms with van der Waals surface area (Å²) >= 11 is 1.45. The number of benzene rings is 2. The molecule has 0 saturated carbocycles. The van der Waals surface area contributed by atoms with Crippen molar-refractivity contribution in [2.45, 2.75) is 6.92 Å². The van der Waals surface area contributed by atoms with Gasteiger partial charge in [0.2, 0.25) is 5.82 Å². The third-order valence-electron chi connectivity index (χ3n) is 4.58. The summed E-state index contributed by atoms with van der Waals surface area (Å²) in [6, 6.07) is 13.2. The van der Waals surface area contributed by atoms with Gasteiger partial charge in [0, 0.05) is 11.8 Å². The van der Waals surface area contributed by atoms with Crippen LogP contribution in [0.15, 0.2) is 53.9 Å². The number of nitrogens with zero attached hydrogens (tertiary/aromatic N) is 3. The molecule has 9 heteroatoms. The summed E-state index contributed by atoms with van der Waals surface area (Å²) < 4.78 is 25.9. The largest absolute Gasteiger partial charge is 0.493 e. The van der Waals surface area contributed by atoms with Crippen molar-refractivity contribution in [3.05, 3.63) is 71.1 Å². The first-order chi connectivity index (χ1) is 15.0. The van der Waals surface area contributed by atoms with E-state index in [2.05, 4.69) is 15.4 Å². The molecule has 0 atom stereocenters. The predicted molar refractivity (Wildman–Crippen MR) is 117 cm³/mol. The summed E-state index contributed by atoms with van der Waals surface area (Å²) in [7, 11) is 3.07. The van der Waals surface area contributed by atoms with E-state index in [1.54, 1.807) is 31.4 Å². The number of anilines is 1. The molecule has 2 aromatic heterocycles. The zero-order valence-electron chi connectivity index (χ0n) is 17.0. The Balaban J connectivity index is 1.72. The highest BCUT2D eigenvalue weighted by atomic mass is 32.1. The monoisotopic (exact) mass is 438 g/mol. The number of amides is 1. The number of halogens is 1. The molecule has 0 bridgehead atoms. The van der Waals surface area contributed by atoms with Crippen molar-refractivity contribution in [1.29, 1.82) is 0 Å². The van der Waals surface area contributed by atoms with Crippen molar-refractivity contribution in [1.82, 2.24) is 14.8 Å². The van der Waals surface area contributed by atoms with E-state index in [-0.39, 0.29) is 5.82 Å². The molecule has 4 aromatic rings.